The summed E-state index contributed by atoms with van der Waals surface area (Å²) >= 11 is 0. The van der Waals surface area contributed by atoms with Crippen molar-refractivity contribution in [2.75, 3.05) is 19.8 Å². The molecule has 0 bridgehead atoms. The molecule has 4 heteroatoms. The molecule has 0 aliphatic rings. The Labute approximate surface area is 84.4 Å². The molecule has 14 heavy (non-hydrogen) atoms. The Morgan fingerprint density at radius 3 is 3.21 bits per heavy atom. The van der Waals surface area contributed by atoms with E-state index in [0.717, 1.165) is 38.4 Å². The van der Waals surface area contributed by atoms with E-state index in [1.807, 2.05) is 12.1 Å². The zero-order chi connectivity index (χ0) is 10.1. The van der Waals surface area contributed by atoms with Gasteiger partial charge in [-0.15, -0.1) is 6.58 Å². The molecule has 1 aromatic rings. The Bertz CT molecular complexity index is 234. The van der Waals surface area contributed by atoms with Gasteiger partial charge in [0.05, 0.1) is 13.2 Å². The molecule has 0 spiro atoms. The highest BCUT2D eigenvalue weighted by Gasteiger charge is 1.92. The molecule has 1 rings (SSSR count). The van der Waals surface area contributed by atoms with E-state index >= 15 is 0 Å². The standard InChI is InChI=1S/C10H17N3O/c1-2-3-7-14-8-6-11-9-10-4-5-12-13-10/h2,4-5,11H,1,3,6-9H2,(H,12,13). The maximum absolute atomic E-state index is 5.33. The van der Waals surface area contributed by atoms with Crippen LogP contribution in [0.3, 0.4) is 0 Å². The minimum Gasteiger partial charge on any atom is -0.380 e. The second-order valence-electron chi connectivity index (χ2n) is 2.95. The lowest BCUT2D eigenvalue weighted by Gasteiger charge is -2.03. The Kier molecular flexibility index (Phi) is 5.70. The highest BCUT2D eigenvalue weighted by Crippen LogP contribution is 1.89. The molecule has 0 saturated carbocycles. The number of H-pyrrole nitrogens is 1. The largest absolute Gasteiger partial charge is 0.380 e. The predicted octanol–water partition coefficient (Wildman–Crippen LogP) is 1.09. The van der Waals surface area contributed by atoms with Crippen molar-refractivity contribution in [1.82, 2.24) is 15.5 Å². The van der Waals surface area contributed by atoms with Gasteiger partial charge in [-0.3, -0.25) is 5.10 Å². The number of aromatic amines is 1. The third-order valence-corrected chi connectivity index (χ3v) is 1.76. The lowest BCUT2D eigenvalue weighted by molar-refractivity contribution is 0.140. The Morgan fingerprint density at radius 1 is 1.57 bits per heavy atom. The van der Waals surface area contributed by atoms with Gasteiger partial charge in [0, 0.05) is 25.0 Å². The van der Waals surface area contributed by atoms with Crippen molar-refractivity contribution in [3.05, 3.63) is 30.6 Å². The summed E-state index contributed by atoms with van der Waals surface area (Å²) in [5, 5.41) is 9.98. The summed E-state index contributed by atoms with van der Waals surface area (Å²) in [5.41, 5.74) is 1.09. The van der Waals surface area contributed by atoms with Crippen LogP contribution in [0.1, 0.15) is 12.1 Å². The third-order valence-electron chi connectivity index (χ3n) is 1.76. The summed E-state index contributed by atoms with van der Waals surface area (Å²) < 4.78 is 5.33. The quantitative estimate of drug-likeness (QED) is 0.482. The Balaban J connectivity index is 1.87. The number of nitrogens with one attached hydrogen (secondary N) is 2. The zero-order valence-electron chi connectivity index (χ0n) is 8.33. The number of rotatable bonds is 8. The second kappa shape index (κ2) is 7.29. The molecule has 0 saturated heterocycles. The van der Waals surface area contributed by atoms with E-state index < -0.39 is 0 Å². The van der Waals surface area contributed by atoms with Crippen LogP contribution in [-0.2, 0) is 11.3 Å². The van der Waals surface area contributed by atoms with Crippen LogP contribution in [0.5, 0.6) is 0 Å². The van der Waals surface area contributed by atoms with Crippen LogP contribution < -0.4 is 5.32 Å². The van der Waals surface area contributed by atoms with E-state index in [9.17, 15) is 0 Å². The summed E-state index contributed by atoms with van der Waals surface area (Å²) in [4.78, 5) is 0. The smallest absolute Gasteiger partial charge is 0.0591 e. The zero-order valence-corrected chi connectivity index (χ0v) is 8.33. The average Bonchev–Trinajstić information content (AvgIpc) is 2.69. The van der Waals surface area contributed by atoms with Gasteiger partial charge in [0.15, 0.2) is 0 Å². The van der Waals surface area contributed by atoms with Gasteiger partial charge in [-0.1, -0.05) is 6.08 Å². The molecule has 1 heterocycles. The number of ether oxygens (including phenoxy) is 1. The van der Waals surface area contributed by atoms with Crippen molar-refractivity contribution in [2.45, 2.75) is 13.0 Å². The van der Waals surface area contributed by atoms with E-state index in [2.05, 4.69) is 22.1 Å². The molecule has 0 unspecified atom stereocenters. The fraction of sp³-hybridized carbons (Fsp3) is 0.500. The average molecular weight is 195 g/mol. The van der Waals surface area contributed by atoms with Crippen molar-refractivity contribution in [3.63, 3.8) is 0 Å². The lowest BCUT2D eigenvalue weighted by Crippen LogP contribution is -2.19. The molecule has 0 aliphatic carbocycles. The topological polar surface area (TPSA) is 49.9 Å². The molecule has 0 radical (unpaired) electrons. The predicted molar refractivity (Wildman–Crippen MR) is 55.9 cm³/mol. The number of nitrogens with zero attached hydrogens (tertiary/aromatic N) is 1. The van der Waals surface area contributed by atoms with Crippen molar-refractivity contribution in [1.29, 1.82) is 0 Å². The van der Waals surface area contributed by atoms with Crippen LogP contribution in [0.2, 0.25) is 0 Å². The number of aromatic nitrogens is 2. The summed E-state index contributed by atoms with van der Waals surface area (Å²) in [7, 11) is 0. The Hall–Kier alpha value is -1.13. The van der Waals surface area contributed by atoms with Gasteiger partial charge in [-0.05, 0) is 12.5 Å². The fourth-order valence-corrected chi connectivity index (χ4v) is 1.02. The van der Waals surface area contributed by atoms with Crippen molar-refractivity contribution < 1.29 is 4.74 Å². The van der Waals surface area contributed by atoms with E-state index in [0.29, 0.717) is 0 Å². The summed E-state index contributed by atoms with van der Waals surface area (Å²) in [6.07, 6.45) is 4.52. The first-order chi connectivity index (χ1) is 6.93. The molecule has 0 aliphatic heterocycles. The number of hydrogen-bond acceptors (Lipinski definition) is 3. The molecule has 1 aromatic heterocycles. The van der Waals surface area contributed by atoms with E-state index in [-0.39, 0.29) is 0 Å². The van der Waals surface area contributed by atoms with E-state index in [1.165, 1.54) is 0 Å². The molecule has 0 aromatic carbocycles. The highest BCUT2D eigenvalue weighted by molar-refractivity contribution is 4.96. The van der Waals surface area contributed by atoms with Gasteiger partial charge >= 0.3 is 0 Å². The van der Waals surface area contributed by atoms with Gasteiger partial charge in [0.1, 0.15) is 0 Å². The van der Waals surface area contributed by atoms with Crippen LogP contribution in [0, 0.1) is 0 Å². The van der Waals surface area contributed by atoms with Crippen molar-refractivity contribution in [3.8, 4) is 0 Å². The van der Waals surface area contributed by atoms with Crippen molar-refractivity contribution >= 4 is 0 Å². The molecule has 2 N–H and O–H groups in total. The monoisotopic (exact) mass is 195 g/mol. The van der Waals surface area contributed by atoms with Crippen LogP contribution in [0.25, 0.3) is 0 Å². The molecule has 0 amide bonds. The summed E-state index contributed by atoms with van der Waals surface area (Å²) in [6, 6.07) is 1.95. The molecule has 78 valence electrons. The van der Waals surface area contributed by atoms with Gasteiger partial charge in [-0.2, -0.15) is 5.10 Å². The SMILES string of the molecule is C=CCCOCCNCc1ccn[nH]1. The van der Waals surface area contributed by atoms with Crippen LogP contribution in [-0.4, -0.2) is 30.0 Å². The molecular formula is C10H17N3O. The minimum absolute atomic E-state index is 0.738. The Morgan fingerprint density at radius 2 is 2.50 bits per heavy atom. The lowest BCUT2D eigenvalue weighted by atomic mass is 10.4. The van der Waals surface area contributed by atoms with E-state index in [1.54, 1.807) is 6.20 Å². The third kappa shape index (κ3) is 4.79. The van der Waals surface area contributed by atoms with E-state index in [4.69, 9.17) is 4.74 Å². The fourth-order valence-electron chi connectivity index (χ4n) is 1.02. The van der Waals surface area contributed by atoms with Crippen LogP contribution in [0.4, 0.5) is 0 Å². The normalized spacial score (nSPS) is 10.3. The first kappa shape index (κ1) is 10.9. The van der Waals surface area contributed by atoms with Gasteiger partial charge in [-0.25, -0.2) is 0 Å². The first-order valence-corrected chi connectivity index (χ1v) is 4.81. The van der Waals surface area contributed by atoms with Crippen molar-refractivity contribution in [2.24, 2.45) is 0 Å². The van der Waals surface area contributed by atoms with Gasteiger partial charge < -0.3 is 10.1 Å². The number of hydrogen-bond donors (Lipinski definition) is 2. The van der Waals surface area contributed by atoms with Gasteiger partial charge in [0.25, 0.3) is 0 Å². The minimum atomic E-state index is 0.738. The molecule has 0 atom stereocenters. The maximum atomic E-state index is 5.33. The molecular weight excluding hydrogens is 178 g/mol. The van der Waals surface area contributed by atoms with Gasteiger partial charge in [0.2, 0.25) is 0 Å². The highest BCUT2D eigenvalue weighted by atomic mass is 16.5. The maximum Gasteiger partial charge on any atom is 0.0591 e. The first-order valence-electron chi connectivity index (χ1n) is 4.81. The second-order valence-corrected chi connectivity index (χ2v) is 2.95. The molecule has 0 fully saturated rings. The summed E-state index contributed by atoms with van der Waals surface area (Å²) in [5.74, 6) is 0. The van der Waals surface area contributed by atoms with Crippen LogP contribution in [0.15, 0.2) is 24.9 Å². The molecule has 4 nitrogen and oxygen atoms in total. The summed E-state index contributed by atoms with van der Waals surface area (Å²) in [6.45, 7) is 6.79. The van der Waals surface area contributed by atoms with Crippen LogP contribution >= 0.6 is 0 Å².